The molecule has 11 nitrogen and oxygen atoms in total. The normalized spacial score (nSPS) is 33.8. The van der Waals surface area contributed by atoms with E-state index in [1.807, 2.05) is 4.98 Å². The molecule has 2 saturated heterocycles. The molecule has 186 valence electrons. The first kappa shape index (κ1) is 25.2. The van der Waals surface area contributed by atoms with Gasteiger partial charge in [-0.05, 0) is 24.6 Å². The molecule has 2 aromatic rings. The lowest BCUT2D eigenvalue weighted by Crippen LogP contribution is -2.45. The first-order chi connectivity index (χ1) is 16.1. The minimum atomic E-state index is -4.08. The Morgan fingerprint density at radius 3 is 2.88 bits per heavy atom. The van der Waals surface area contributed by atoms with Crippen molar-refractivity contribution in [2.45, 2.75) is 43.6 Å². The number of aromatic amines is 1. The number of H-pyrrole nitrogens is 1. The lowest BCUT2D eigenvalue weighted by molar-refractivity contribution is -0.115. The fourth-order valence-corrected chi connectivity index (χ4v) is 5.57. The summed E-state index contributed by atoms with van der Waals surface area (Å²) >= 11 is 6.02. The molecule has 2 aliphatic rings. The van der Waals surface area contributed by atoms with Crippen LogP contribution in [0.1, 0.15) is 31.2 Å². The van der Waals surface area contributed by atoms with E-state index in [-0.39, 0.29) is 6.61 Å². The second kappa shape index (κ2) is 10.00. The van der Waals surface area contributed by atoms with Crippen molar-refractivity contribution < 1.29 is 37.1 Å². The second-order valence-corrected chi connectivity index (χ2v) is 9.98. The Balaban J connectivity index is 1.51. The maximum atomic E-state index is 15.7. The topological polar surface area (TPSA) is 138 Å². The average molecular weight is 521 g/mol. The van der Waals surface area contributed by atoms with Crippen LogP contribution in [0, 0.1) is 0 Å². The first-order valence-electron chi connectivity index (χ1n) is 10.3. The quantitative estimate of drug-likeness (QED) is 0.416. The number of halogens is 2. The van der Waals surface area contributed by atoms with Gasteiger partial charge in [0, 0.05) is 23.7 Å². The number of phosphoric ester groups is 1. The van der Waals surface area contributed by atoms with E-state index in [4.69, 9.17) is 34.6 Å². The largest absolute Gasteiger partial charge is 0.475 e. The third kappa shape index (κ3) is 5.19. The predicted molar refractivity (Wildman–Crippen MR) is 116 cm³/mol. The van der Waals surface area contributed by atoms with Crippen molar-refractivity contribution >= 4 is 19.4 Å². The van der Waals surface area contributed by atoms with Crippen LogP contribution in [0.15, 0.2) is 46.1 Å². The Labute approximate surface area is 197 Å². The number of benzene rings is 1. The van der Waals surface area contributed by atoms with Crippen LogP contribution in [-0.4, -0.2) is 52.5 Å². The highest BCUT2D eigenvalue weighted by Gasteiger charge is 2.57. The van der Waals surface area contributed by atoms with Gasteiger partial charge in [-0.1, -0.05) is 23.7 Å². The summed E-state index contributed by atoms with van der Waals surface area (Å²) in [5.74, 6) is 0. The number of hydrogen-bond acceptors (Lipinski definition) is 9. The van der Waals surface area contributed by atoms with Crippen LogP contribution in [0.4, 0.5) is 4.39 Å². The van der Waals surface area contributed by atoms with Gasteiger partial charge in [-0.2, -0.15) is 0 Å². The van der Waals surface area contributed by atoms with Gasteiger partial charge in [-0.25, -0.2) is 13.8 Å². The van der Waals surface area contributed by atoms with Gasteiger partial charge in [0.25, 0.3) is 5.56 Å². The first-order valence-corrected chi connectivity index (χ1v) is 12.2. The van der Waals surface area contributed by atoms with Crippen molar-refractivity contribution in [3.63, 3.8) is 0 Å². The number of aliphatic hydroxyl groups is 1. The van der Waals surface area contributed by atoms with Crippen molar-refractivity contribution in [1.29, 1.82) is 0 Å². The number of nitrogens with zero attached hydrogens (tertiary/aromatic N) is 1. The van der Waals surface area contributed by atoms with Crippen LogP contribution in [0.3, 0.4) is 0 Å². The van der Waals surface area contributed by atoms with Gasteiger partial charge in [0.05, 0.1) is 19.3 Å². The molecule has 1 aromatic heterocycles. The summed E-state index contributed by atoms with van der Waals surface area (Å²) in [6.45, 7) is -0.162. The lowest BCUT2D eigenvalue weighted by Gasteiger charge is -2.30. The predicted octanol–water partition coefficient (Wildman–Crippen LogP) is 2.45. The molecule has 2 fully saturated rings. The van der Waals surface area contributed by atoms with Gasteiger partial charge in [0.1, 0.15) is 19.0 Å². The van der Waals surface area contributed by atoms with Gasteiger partial charge in [-0.15, -0.1) is 0 Å². The van der Waals surface area contributed by atoms with E-state index in [2.05, 4.69) is 0 Å². The summed E-state index contributed by atoms with van der Waals surface area (Å²) in [7, 11) is -4.08. The smallest absolute Gasteiger partial charge is 0.371 e. The van der Waals surface area contributed by atoms with Gasteiger partial charge in [0.2, 0.25) is 0 Å². The summed E-state index contributed by atoms with van der Waals surface area (Å²) < 4.78 is 56.7. The molecule has 2 aliphatic heterocycles. The van der Waals surface area contributed by atoms with E-state index >= 15 is 4.39 Å². The summed E-state index contributed by atoms with van der Waals surface area (Å²) in [5.41, 5.74) is -3.22. The number of hydrogen-bond donors (Lipinski definition) is 2. The molecule has 0 saturated carbocycles. The zero-order valence-electron chi connectivity index (χ0n) is 18.0. The highest BCUT2D eigenvalue weighted by molar-refractivity contribution is 7.48. The van der Waals surface area contributed by atoms with Crippen molar-refractivity contribution in [2.75, 3.05) is 20.0 Å². The molecule has 14 heteroatoms. The highest BCUT2D eigenvalue weighted by Crippen LogP contribution is 2.57. The minimum Gasteiger partial charge on any atom is -0.371 e. The number of rotatable bonds is 7. The molecule has 0 bridgehead atoms. The number of nitrogens with one attached hydrogen (secondary N) is 1. The molecular formula is C20H23ClFN2O9P. The number of phosphoric acid groups is 1. The van der Waals surface area contributed by atoms with Gasteiger partial charge in [0.15, 0.2) is 11.9 Å². The maximum absolute atomic E-state index is 15.7. The third-order valence-electron chi connectivity index (χ3n) is 5.54. The van der Waals surface area contributed by atoms with Crippen molar-refractivity contribution in [3.05, 3.63) is 68.0 Å². The highest BCUT2D eigenvalue weighted by atomic mass is 35.5. The zero-order valence-corrected chi connectivity index (χ0v) is 19.6. The minimum absolute atomic E-state index is 0.0762. The summed E-state index contributed by atoms with van der Waals surface area (Å²) in [4.78, 5) is 25.6. The molecule has 3 heterocycles. The third-order valence-corrected chi connectivity index (χ3v) is 7.25. The van der Waals surface area contributed by atoms with E-state index in [9.17, 15) is 19.3 Å². The average Bonchev–Trinajstić information content (AvgIpc) is 3.03. The van der Waals surface area contributed by atoms with E-state index in [1.165, 1.54) is 0 Å². The fourth-order valence-electron chi connectivity index (χ4n) is 3.98. The van der Waals surface area contributed by atoms with Crippen LogP contribution in [0.25, 0.3) is 0 Å². The van der Waals surface area contributed by atoms with Gasteiger partial charge < -0.3 is 14.6 Å². The van der Waals surface area contributed by atoms with E-state index in [0.717, 1.165) is 23.8 Å². The SMILES string of the molecule is C[C@@]1(F)[C@H](OCO)[C@@H](COP2(=O)OCCC(c3cccc(Cl)c3)O2)O[C@H]1n1ccc(=O)[nH]c1=O. The molecule has 6 atom stereocenters. The van der Waals surface area contributed by atoms with Crippen LogP contribution in [-0.2, 0) is 27.6 Å². The number of aromatic nitrogens is 2. The fraction of sp³-hybridized carbons (Fsp3) is 0.500. The second-order valence-electron chi connectivity index (χ2n) is 7.93. The van der Waals surface area contributed by atoms with E-state index in [1.54, 1.807) is 24.3 Å². The number of aliphatic hydroxyl groups excluding tert-OH is 1. The Hall–Kier alpha value is -1.89. The molecule has 2 unspecified atom stereocenters. The molecule has 0 radical (unpaired) electrons. The number of ether oxygens (including phenoxy) is 2. The summed E-state index contributed by atoms with van der Waals surface area (Å²) in [6.07, 6.45) is -3.28. The molecule has 34 heavy (non-hydrogen) atoms. The Kier molecular flexibility index (Phi) is 7.41. The molecule has 0 spiro atoms. The summed E-state index contributed by atoms with van der Waals surface area (Å²) in [5, 5.41) is 9.74. The van der Waals surface area contributed by atoms with Crippen LogP contribution in [0.5, 0.6) is 0 Å². The summed E-state index contributed by atoms with van der Waals surface area (Å²) in [6, 6.07) is 7.89. The van der Waals surface area contributed by atoms with Crippen LogP contribution in [0.2, 0.25) is 5.02 Å². The standard InChI is InChI=1S/C20H23ClFN2O9P/c1-20(22)17(29-11-25)15(32-18(20)24-7-5-16(26)23-19(24)27)10-31-34(28)30-8-6-14(33-34)12-3-2-4-13(21)9-12/h2-5,7,9,14-15,17-18,25H,6,8,10-11H2,1H3,(H,23,26,27)/t14?,15-,17-,18-,20-,34?/m1/s1. The molecule has 1 aromatic carbocycles. The van der Waals surface area contributed by atoms with Crippen molar-refractivity contribution in [2.24, 2.45) is 0 Å². The van der Waals surface area contributed by atoms with Gasteiger partial charge >= 0.3 is 13.5 Å². The lowest BCUT2D eigenvalue weighted by atomic mass is 9.98. The van der Waals surface area contributed by atoms with Crippen LogP contribution < -0.4 is 11.2 Å². The molecule has 0 amide bonds. The molecular weight excluding hydrogens is 498 g/mol. The Morgan fingerprint density at radius 2 is 2.18 bits per heavy atom. The molecule has 2 N–H and O–H groups in total. The van der Waals surface area contributed by atoms with Crippen molar-refractivity contribution in [3.8, 4) is 0 Å². The Bertz CT molecular complexity index is 1190. The van der Waals surface area contributed by atoms with Gasteiger partial charge in [-0.3, -0.25) is 27.9 Å². The van der Waals surface area contributed by atoms with Crippen LogP contribution >= 0.6 is 19.4 Å². The molecule has 4 rings (SSSR count). The van der Waals surface area contributed by atoms with E-state index in [0.29, 0.717) is 17.0 Å². The number of alkyl halides is 1. The zero-order chi connectivity index (χ0) is 24.5. The maximum Gasteiger partial charge on any atom is 0.475 e. The monoisotopic (exact) mass is 520 g/mol. The van der Waals surface area contributed by atoms with E-state index < -0.39 is 62.7 Å². The molecule has 0 aliphatic carbocycles. The Morgan fingerprint density at radius 1 is 1.38 bits per heavy atom. The van der Waals surface area contributed by atoms with Crippen molar-refractivity contribution in [1.82, 2.24) is 9.55 Å².